The zero-order chi connectivity index (χ0) is 25.5. The Labute approximate surface area is 217 Å². The number of aliphatic carboxylic acids is 1. The van der Waals surface area contributed by atoms with Crippen LogP contribution >= 0.6 is 11.6 Å². The molecule has 0 aromatic heterocycles. The van der Waals surface area contributed by atoms with Gasteiger partial charge in [0.05, 0.1) is 0 Å². The van der Waals surface area contributed by atoms with Gasteiger partial charge in [0.2, 0.25) is 0 Å². The van der Waals surface area contributed by atoms with Crippen LogP contribution in [0, 0.1) is 0 Å². The summed E-state index contributed by atoms with van der Waals surface area (Å²) in [5.74, 6) is 0.191. The Morgan fingerprint density at radius 1 is 1.06 bits per heavy atom. The molecule has 1 atom stereocenters. The molecule has 36 heavy (non-hydrogen) atoms. The summed E-state index contributed by atoms with van der Waals surface area (Å²) in [7, 11) is 0. The Morgan fingerprint density at radius 3 is 2.58 bits per heavy atom. The van der Waals surface area contributed by atoms with E-state index in [-0.39, 0.29) is 12.0 Å². The highest BCUT2D eigenvalue weighted by molar-refractivity contribution is 6.30. The molecular formula is C30H32ClNO4. The third kappa shape index (κ3) is 4.82. The van der Waals surface area contributed by atoms with Crippen LogP contribution < -0.4 is 9.64 Å². The summed E-state index contributed by atoms with van der Waals surface area (Å²) >= 11 is 6.49. The molecule has 5 nitrogen and oxygen atoms in total. The van der Waals surface area contributed by atoms with Gasteiger partial charge in [0.25, 0.3) is 0 Å². The van der Waals surface area contributed by atoms with Crippen LogP contribution in [0.25, 0.3) is 0 Å². The van der Waals surface area contributed by atoms with Crippen molar-refractivity contribution in [3.8, 4) is 5.75 Å². The van der Waals surface area contributed by atoms with Gasteiger partial charge in [-0.1, -0.05) is 29.8 Å². The number of hydrogen-bond donors (Lipinski definition) is 1. The van der Waals surface area contributed by atoms with E-state index in [1.807, 2.05) is 12.1 Å². The molecule has 3 aromatic rings. The van der Waals surface area contributed by atoms with Crippen molar-refractivity contribution in [1.82, 2.24) is 0 Å². The van der Waals surface area contributed by atoms with Crippen LogP contribution in [-0.2, 0) is 28.0 Å². The fraction of sp³-hybridized carbons (Fsp3) is 0.367. The van der Waals surface area contributed by atoms with E-state index in [0.717, 1.165) is 53.1 Å². The molecule has 0 fully saturated rings. The number of carbonyl (C=O) groups is 1. The molecule has 5 rings (SSSR count). The lowest BCUT2D eigenvalue weighted by Gasteiger charge is -2.43. The highest BCUT2D eigenvalue weighted by Gasteiger charge is 2.39. The summed E-state index contributed by atoms with van der Waals surface area (Å²) in [6, 6.07) is 20.6. The minimum absolute atomic E-state index is 0.147. The maximum Gasteiger partial charge on any atom is 0.303 e. The number of hydrogen-bond acceptors (Lipinski definition) is 4. The maximum absolute atomic E-state index is 10.8. The minimum Gasteiger partial charge on any atom is -0.488 e. The van der Waals surface area contributed by atoms with Crippen molar-refractivity contribution in [3.63, 3.8) is 0 Å². The predicted octanol–water partition coefficient (Wildman–Crippen LogP) is 7.24. The first kappa shape index (κ1) is 24.7. The fourth-order valence-electron chi connectivity index (χ4n) is 5.16. The Balaban J connectivity index is 1.45. The number of aryl methyl sites for hydroxylation is 2. The summed E-state index contributed by atoms with van der Waals surface area (Å²) in [6.45, 7) is 6.76. The number of ether oxygens (including phenoxy) is 2. The zero-order valence-electron chi connectivity index (χ0n) is 21.0. The van der Waals surface area contributed by atoms with E-state index >= 15 is 0 Å². The zero-order valence-corrected chi connectivity index (χ0v) is 21.8. The molecule has 1 unspecified atom stereocenters. The number of fused-ring (bicyclic) bond motifs is 2. The Morgan fingerprint density at radius 2 is 1.83 bits per heavy atom. The average Bonchev–Trinajstić information content (AvgIpc) is 2.84. The van der Waals surface area contributed by atoms with Gasteiger partial charge in [0, 0.05) is 28.4 Å². The van der Waals surface area contributed by atoms with Crippen molar-refractivity contribution in [2.45, 2.75) is 64.1 Å². The monoisotopic (exact) mass is 505 g/mol. The van der Waals surface area contributed by atoms with Gasteiger partial charge in [-0.2, -0.15) is 0 Å². The second-order valence-corrected chi connectivity index (χ2v) is 10.9. The average molecular weight is 506 g/mol. The number of carboxylic acid groups (broad SMARTS) is 1. The van der Waals surface area contributed by atoms with Gasteiger partial charge in [-0.15, -0.1) is 0 Å². The fourth-order valence-corrected chi connectivity index (χ4v) is 5.33. The quantitative estimate of drug-likeness (QED) is 0.382. The van der Waals surface area contributed by atoms with E-state index in [4.69, 9.17) is 26.2 Å². The summed E-state index contributed by atoms with van der Waals surface area (Å²) in [4.78, 5) is 13.0. The van der Waals surface area contributed by atoms with E-state index in [0.29, 0.717) is 18.2 Å². The minimum atomic E-state index is -0.759. The van der Waals surface area contributed by atoms with Gasteiger partial charge in [-0.05, 0) is 106 Å². The van der Waals surface area contributed by atoms with Gasteiger partial charge in [-0.25, -0.2) is 0 Å². The highest BCUT2D eigenvalue weighted by Crippen LogP contribution is 2.47. The van der Waals surface area contributed by atoms with E-state index in [1.54, 1.807) is 0 Å². The van der Waals surface area contributed by atoms with E-state index in [1.165, 1.54) is 5.56 Å². The molecule has 2 heterocycles. The first-order valence-corrected chi connectivity index (χ1v) is 12.9. The first-order valence-electron chi connectivity index (χ1n) is 12.5. The summed E-state index contributed by atoms with van der Waals surface area (Å²) in [5, 5.41) is 9.55. The molecule has 0 radical (unpaired) electrons. The Hall–Kier alpha value is -3.02. The largest absolute Gasteiger partial charge is 0.488 e. The van der Waals surface area contributed by atoms with Crippen LogP contribution in [0.2, 0.25) is 5.02 Å². The molecule has 188 valence electrons. The number of halogens is 1. The number of nitrogens with zero attached hydrogens (tertiary/aromatic N) is 1. The van der Waals surface area contributed by atoms with Gasteiger partial charge in [0.15, 0.2) is 0 Å². The molecule has 2 aliphatic heterocycles. The maximum atomic E-state index is 10.8. The van der Waals surface area contributed by atoms with Crippen molar-refractivity contribution in [3.05, 3.63) is 87.9 Å². The molecule has 2 aliphatic rings. The van der Waals surface area contributed by atoms with Gasteiger partial charge < -0.3 is 19.5 Å². The van der Waals surface area contributed by atoms with E-state index < -0.39 is 11.6 Å². The molecule has 3 aromatic carbocycles. The van der Waals surface area contributed by atoms with Crippen LogP contribution in [0.3, 0.4) is 0 Å². The SMILES string of the molecule is CC1(C)CCc2cc(C3(C)OCN(c4ccc(CCCC(=O)O)cc4)c4ccc(Cl)cc43)ccc2O1. The van der Waals surface area contributed by atoms with Crippen molar-refractivity contribution >= 4 is 28.9 Å². The van der Waals surface area contributed by atoms with E-state index in [2.05, 4.69) is 74.2 Å². The lowest BCUT2D eigenvalue weighted by atomic mass is 9.83. The summed E-state index contributed by atoms with van der Waals surface area (Å²) in [5.41, 5.74) is 5.71. The Bertz CT molecular complexity index is 1290. The van der Waals surface area contributed by atoms with Crippen molar-refractivity contribution < 1.29 is 19.4 Å². The second kappa shape index (κ2) is 9.45. The highest BCUT2D eigenvalue weighted by atomic mass is 35.5. The molecule has 0 aliphatic carbocycles. The molecule has 0 saturated heterocycles. The smallest absolute Gasteiger partial charge is 0.303 e. The lowest BCUT2D eigenvalue weighted by molar-refractivity contribution is -0.137. The first-order chi connectivity index (χ1) is 17.1. The molecule has 1 N–H and O–H groups in total. The van der Waals surface area contributed by atoms with Crippen molar-refractivity contribution in [1.29, 1.82) is 0 Å². The third-order valence-electron chi connectivity index (χ3n) is 7.34. The molecule has 6 heteroatoms. The molecule has 0 amide bonds. The second-order valence-electron chi connectivity index (χ2n) is 10.5. The third-order valence-corrected chi connectivity index (χ3v) is 7.58. The van der Waals surface area contributed by atoms with Crippen molar-refractivity contribution in [2.75, 3.05) is 11.6 Å². The lowest BCUT2D eigenvalue weighted by Crippen LogP contribution is -2.40. The van der Waals surface area contributed by atoms with Gasteiger partial charge in [-0.3, -0.25) is 4.79 Å². The van der Waals surface area contributed by atoms with Crippen LogP contribution in [0.4, 0.5) is 11.4 Å². The summed E-state index contributed by atoms with van der Waals surface area (Å²) < 4.78 is 12.8. The molecule has 0 spiro atoms. The van der Waals surface area contributed by atoms with Crippen LogP contribution in [0.15, 0.2) is 60.7 Å². The van der Waals surface area contributed by atoms with Crippen LogP contribution in [0.5, 0.6) is 5.75 Å². The summed E-state index contributed by atoms with van der Waals surface area (Å²) in [6.07, 6.45) is 3.50. The normalized spacial score (nSPS) is 20.3. The van der Waals surface area contributed by atoms with Gasteiger partial charge >= 0.3 is 5.97 Å². The Kier molecular flexibility index (Phi) is 6.48. The van der Waals surface area contributed by atoms with E-state index in [9.17, 15) is 4.79 Å². The standard InChI is InChI=1S/C30H32ClNO4/c1-29(2)16-15-21-17-22(9-14-27(21)36-29)30(3)25-18-23(31)10-13-26(25)32(19-35-30)24-11-7-20(8-12-24)5-4-6-28(33)34/h7-14,17-18H,4-6,15-16,19H2,1-3H3,(H,33,34). The van der Waals surface area contributed by atoms with Crippen LogP contribution in [0.1, 0.15) is 62.3 Å². The number of benzene rings is 3. The number of anilines is 2. The predicted molar refractivity (Wildman–Crippen MR) is 142 cm³/mol. The van der Waals surface area contributed by atoms with Crippen molar-refractivity contribution in [2.24, 2.45) is 0 Å². The van der Waals surface area contributed by atoms with Crippen LogP contribution in [-0.4, -0.2) is 23.4 Å². The molecule has 0 saturated carbocycles. The molecule has 0 bridgehead atoms. The number of carboxylic acids is 1. The van der Waals surface area contributed by atoms with Gasteiger partial charge in [0.1, 0.15) is 23.7 Å². The number of rotatable bonds is 6. The molecular weight excluding hydrogens is 474 g/mol. The topological polar surface area (TPSA) is 59.0 Å².